The van der Waals surface area contributed by atoms with Crippen molar-refractivity contribution in [3.63, 3.8) is 0 Å². The minimum atomic E-state index is -3.98. The molecule has 0 saturated carbocycles. The fraction of sp³-hybridized carbons (Fsp3) is 0.0370. The number of anilines is 1. The van der Waals surface area contributed by atoms with Crippen molar-refractivity contribution in [2.45, 2.75) is 11.4 Å². The predicted octanol–water partition coefficient (Wildman–Crippen LogP) is 5.50. The minimum absolute atomic E-state index is 0.0469. The van der Waals surface area contributed by atoms with Gasteiger partial charge in [0.1, 0.15) is 0 Å². The first kappa shape index (κ1) is 24.2. The lowest BCUT2D eigenvalue weighted by atomic mass is 10.1. The van der Waals surface area contributed by atoms with E-state index in [2.05, 4.69) is 10.5 Å². The normalized spacial score (nSPS) is 11.3. The largest absolute Gasteiger partial charge is 0.273 e. The van der Waals surface area contributed by atoms with Gasteiger partial charge in [-0.1, -0.05) is 90.5 Å². The van der Waals surface area contributed by atoms with Crippen LogP contribution in [0.5, 0.6) is 0 Å². The molecule has 8 heteroatoms. The van der Waals surface area contributed by atoms with Crippen molar-refractivity contribution in [1.29, 1.82) is 0 Å². The summed E-state index contributed by atoms with van der Waals surface area (Å²) >= 11 is 6.13. The van der Waals surface area contributed by atoms with Crippen molar-refractivity contribution in [3.05, 3.63) is 131 Å². The molecule has 0 aliphatic carbocycles. The lowest BCUT2D eigenvalue weighted by molar-refractivity contribution is 0.0956. The number of nitrogens with zero attached hydrogens (tertiary/aromatic N) is 2. The lowest BCUT2D eigenvalue weighted by Crippen LogP contribution is -2.33. The number of carbonyl (C=O) groups is 1. The number of carbonyl (C=O) groups excluding carboxylic acids is 1. The van der Waals surface area contributed by atoms with Gasteiger partial charge in [-0.2, -0.15) is 5.10 Å². The monoisotopic (exact) mass is 503 g/mol. The fourth-order valence-corrected chi connectivity index (χ4v) is 5.13. The van der Waals surface area contributed by atoms with Crippen molar-refractivity contribution in [2.24, 2.45) is 5.10 Å². The Kier molecular flexibility index (Phi) is 7.60. The Labute approximate surface area is 209 Å². The molecule has 0 heterocycles. The molecule has 4 rings (SSSR count). The van der Waals surface area contributed by atoms with Gasteiger partial charge in [-0.15, -0.1) is 0 Å². The van der Waals surface area contributed by atoms with Gasteiger partial charge >= 0.3 is 0 Å². The first-order valence-corrected chi connectivity index (χ1v) is 12.6. The lowest BCUT2D eigenvalue weighted by Gasteiger charge is -2.26. The number of sulfonamides is 1. The molecule has 4 aromatic rings. The Morgan fingerprint density at radius 3 is 2.14 bits per heavy atom. The maximum absolute atomic E-state index is 13.7. The van der Waals surface area contributed by atoms with Crippen molar-refractivity contribution < 1.29 is 13.2 Å². The Hall–Kier alpha value is -3.94. The van der Waals surface area contributed by atoms with E-state index >= 15 is 0 Å². The number of halogens is 1. The van der Waals surface area contributed by atoms with Crippen LogP contribution in [-0.2, 0) is 16.6 Å². The Bertz CT molecular complexity index is 1440. The molecule has 1 N–H and O–H groups in total. The molecular weight excluding hydrogens is 482 g/mol. The maximum Gasteiger partial charge on any atom is 0.273 e. The summed E-state index contributed by atoms with van der Waals surface area (Å²) < 4.78 is 28.6. The average Bonchev–Trinajstić information content (AvgIpc) is 2.89. The third kappa shape index (κ3) is 5.77. The van der Waals surface area contributed by atoms with Gasteiger partial charge < -0.3 is 0 Å². The minimum Gasteiger partial charge on any atom is -0.267 e. The first-order valence-electron chi connectivity index (χ1n) is 10.8. The van der Waals surface area contributed by atoms with Gasteiger partial charge in [-0.3, -0.25) is 9.10 Å². The molecule has 4 aromatic carbocycles. The Morgan fingerprint density at radius 2 is 1.43 bits per heavy atom. The van der Waals surface area contributed by atoms with Gasteiger partial charge in [0, 0.05) is 10.6 Å². The number of hydrazone groups is 1. The first-order chi connectivity index (χ1) is 17.0. The van der Waals surface area contributed by atoms with Crippen LogP contribution in [0.1, 0.15) is 21.5 Å². The summed E-state index contributed by atoms with van der Waals surface area (Å²) in [5, 5.41) is 4.50. The van der Waals surface area contributed by atoms with E-state index in [1.165, 1.54) is 22.7 Å². The summed E-state index contributed by atoms with van der Waals surface area (Å²) in [5.74, 6) is -0.551. The molecule has 0 aromatic heterocycles. The third-order valence-corrected chi connectivity index (χ3v) is 7.31. The van der Waals surface area contributed by atoms with Crippen LogP contribution in [0, 0.1) is 0 Å². The number of para-hydroxylation sites is 1. The topological polar surface area (TPSA) is 78.8 Å². The quantitative estimate of drug-likeness (QED) is 0.255. The Morgan fingerprint density at radius 1 is 0.829 bits per heavy atom. The molecule has 0 spiro atoms. The number of hydrogen-bond acceptors (Lipinski definition) is 4. The molecule has 0 fully saturated rings. The van der Waals surface area contributed by atoms with Crippen LogP contribution >= 0.6 is 11.6 Å². The second-order valence-corrected chi connectivity index (χ2v) is 9.82. The summed E-state index contributed by atoms with van der Waals surface area (Å²) in [5.41, 5.74) is 4.30. The second-order valence-electron chi connectivity index (χ2n) is 7.55. The smallest absolute Gasteiger partial charge is 0.267 e. The van der Waals surface area contributed by atoms with Gasteiger partial charge in [-0.05, 0) is 35.9 Å². The van der Waals surface area contributed by atoms with Gasteiger partial charge in [-0.25, -0.2) is 13.8 Å². The van der Waals surface area contributed by atoms with E-state index in [0.29, 0.717) is 10.6 Å². The molecular formula is C27H22ClN3O3S. The zero-order chi connectivity index (χ0) is 24.7. The van der Waals surface area contributed by atoms with Crippen LogP contribution in [0.3, 0.4) is 0 Å². The number of benzene rings is 4. The standard InChI is InChI=1S/C27H22ClN3O3S/c28-25-17-9-7-13-22(25)19-29-30-27(32)24-16-8-10-18-26(24)31(20-21-11-3-1-4-12-21)35(33,34)23-14-5-2-6-15-23/h1-19H,20H2,(H,30,32)/b29-19-. The van der Waals surface area contributed by atoms with Gasteiger partial charge in [0.05, 0.1) is 28.9 Å². The van der Waals surface area contributed by atoms with E-state index in [9.17, 15) is 13.2 Å². The summed E-state index contributed by atoms with van der Waals surface area (Å²) in [6.07, 6.45) is 1.44. The Balaban J connectivity index is 1.70. The van der Waals surface area contributed by atoms with Crippen LogP contribution < -0.4 is 9.73 Å². The number of amides is 1. The van der Waals surface area contributed by atoms with Crippen LogP contribution in [-0.4, -0.2) is 20.5 Å². The van der Waals surface area contributed by atoms with E-state index in [1.54, 1.807) is 66.7 Å². The molecule has 0 aliphatic heterocycles. The SMILES string of the molecule is O=C(N/N=C\c1ccccc1Cl)c1ccccc1N(Cc1ccccc1)S(=O)(=O)c1ccccc1. The fourth-order valence-electron chi connectivity index (χ4n) is 3.45. The molecule has 176 valence electrons. The molecule has 6 nitrogen and oxygen atoms in total. The van der Waals surface area contributed by atoms with Crippen LogP contribution in [0.25, 0.3) is 0 Å². The number of hydrogen-bond donors (Lipinski definition) is 1. The zero-order valence-corrected chi connectivity index (χ0v) is 20.2. The molecule has 0 saturated heterocycles. The highest BCUT2D eigenvalue weighted by atomic mass is 35.5. The van der Waals surface area contributed by atoms with Crippen molar-refractivity contribution in [1.82, 2.24) is 5.43 Å². The summed E-state index contributed by atoms with van der Waals surface area (Å²) in [7, 11) is -3.98. The van der Waals surface area contributed by atoms with E-state index in [-0.39, 0.29) is 22.7 Å². The molecule has 0 unspecified atom stereocenters. The van der Waals surface area contributed by atoms with E-state index in [1.807, 2.05) is 30.3 Å². The molecule has 0 radical (unpaired) electrons. The van der Waals surface area contributed by atoms with E-state index < -0.39 is 15.9 Å². The van der Waals surface area contributed by atoms with E-state index in [0.717, 1.165) is 5.56 Å². The summed E-state index contributed by atoms with van der Waals surface area (Å²) in [4.78, 5) is 13.2. The second kappa shape index (κ2) is 11.0. The highest BCUT2D eigenvalue weighted by Gasteiger charge is 2.28. The highest BCUT2D eigenvalue weighted by Crippen LogP contribution is 2.29. The molecule has 0 aliphatic rings. The highest BCUT2D eigenvalue weighted by molar-refractivity contribution is 7.92. The van der Waals surface area contributed by atoms with Crippen molar-refractivity contribution >= 4 is 39.4 Å². The number of nitrogens with one attached hydrogen (secondary N) is 1. The number of rotatable bonds is 8. The third-order valence-electron chi connectivity index (χ3n) is 5.19. The molecule has 35 heavy (non-hydrogen) atoms. The maximum atomic E-state index is 13.7. The van der Waals surface area contributed by atoms with Gasteiger partial charge in [0.15, 0.2) is 0 Å². The van der Waals surface area contributed by atoms with Crippen molar-refractivity contribution in [2.75, 3.05) is 4.31 Å². The molecule has 0 bridgehead atoms. The van der Waals surface area contributed by atoms with Gasteiger partial charge in [0.2, 0.25) is 0 Å². The summed E-state index contributed by atoms with van der Waals surface area (Å²) in [6, 6.07) is 31.0. The van der Waals surface area contributed by atoms with Crippen molar-refractivity contribution in [3.8, 4) is 0 Å². The summed E-state index contributed by atoms with van der Waals surface area (Å²) in [6.45, 7) is 0.0469. The molecule has 0 atom stereocenters. The average molecular weight is 504 g/mol. The van der Waals surface area contributed by atoms with Gasteiger partial charge in [0.25, 0.3) is 15.9 Å². The van der Waals surface area contributed by atoms with Crippen LogP contribution in [0.15, 0.2) is 119 Å². The predicted molar refractivity (Wildman–Crippen MR) is 139 cm³/mol. The molecule has 1 amide bonds. The van der Waals surface area contributed by atoms with Crippen LogP contribution in [0.4, 0.5) is 5.69 Å². The van der Waals surface area contributed by atoms with E-state index in [4.69, 9.17) is 11.6 Å². The zero-order valence-electron chi connectivity index (χ0n) is 18.6. The van der Waals surface area contributed by atoms with Crippen LogP contribution in [0.2, 0.25) is 5.02 Å².